The lowest BCUT2D eigenvalue weighted by molar-refractivity contribution is -0.122. The minimum Gasteiger partial charge on any atom is -0.492 e. The number of carbonyl (C=O) groups is 2. The van der Waals surface area contributed by atoms with E-state index in [9.17, 15) is 9.59 Å². The molecule has 29 heavy (non-hydrogen) atoms. The summed E-state index contributed by atoms with van der Waals surface area (Å²) in [5.74, 6) is 0.461. The van der Waals surface area contributed by atoms with Crippen molar-refractivity contribution in [3.63, 3.8) is 0 Å². The highest BCUT2D eigenvalue weighted by Gasteiger charge is 2.17. The molecule has 7 heteroatoms. The van der Waals surface area contributed by atoms with Gasteiger partial charge >= 0.3 is 0 Å². The summed E-state index contributed by atoms with van der Waals surface area (Å²) < 4.78 is 5.67. The van der Waals surface area contributed by atoms with Crippen molar-refractivity contribution in [2.24, 2.45) is 0 Å². The third kappa shape index (κ3) is 8.54. The number of nitrogens with zero attached hydrogens (tertiary/aromatic N) is 1. The van der Waals surface area contributed by atoms with E-state index >= 15 is 0 Å². The van der Waals surface area contributed by atoms with Crippen LogP contribution in [0.5, 0.6) is 5.75 Å². The predicted molar refractivity (Wildman–Crippen MR) is 115 cm³/mol. The Labute approximate surface area is 177 Å². The molecule has 1 unspecified atom stereocenters. The lowest BCUT2D eigenvalue weighted by Gasteiger charge is -2.18. The summed E-state index contributed by atoms with van der Waals surface area (Å²) >= 11 is 5.92. The number of carbonyl (C=O) groups excluding carboxylic acids is 2. The lowest BCUT2D eigenvalue weighted by Crippen LogP contribution is -2.32. The molecule has 0 saturated carbocycles. The molecule has 0 fully saturated rings. The maximum absolute atomic E-state index is 12.4. The van der Waals surface area contributed by atoms with Crippen LogP contribution in [0.15, 0.2) is 48.5 Å². The molecule has 2 N–H and O–H groups in total. The van der Waals surface area contributed by atoms with Crippen molar-refractivity contribution in [2.75, 3.05) is 27.2 Å². The van der Waals surface area contributed by atoms with E-state index in [-0.39, 0.29) is 18.2 Å². The van der Waals surface area contributed by atoms with Gasteiger partial charge in [0.15, 0.2) is 0 Å². The van der Waals surface area contributed by atoms with Gasteiger partial charge in [0.1, 0.15) is 12.4 Å². The first-order valence-corrected chi connectivity index (χ1v) is 9.87. The van der Waals surface area contributed by atoms with Gasteiger partial charge in [0.05, 0.1) is 12.5 Å². The number of hydrogen-bond donors (Lipinski definition) is 2. The third-order valence-electron chi connectivity index (χ3n) is 4.26. The number of halogens is 1. The minimum absolute atomic E-state index is 0.146. The van der Waals surface area contributed by atoms with Crippen molar-refractivity contribution < 1.29 is 14.3 Å². The zero-order valence-corrected chi connectivity index (χ0v) is 17.8. The largest absolute Gasteiger partial charge is 0.492 e. The van der Waals surface area contributed by atoms with Crippen LogP contribution in [0, 0.1) is 0 Å². The van der Waals surface area contributed by atoms with Gasteiger partial charge in [-0.1, -0.05) is 35.9 Å². The molecule has 0 aromatic heterocycles. The monoisotopic (exact) mass is 417 g/mol. The van der Waals surface area contributed by atoms with Crippen LogP contribution in [-0.4, -0.2) is 44.0 Å². The Balaban J connectivity index is 1.86. The lowest BCUT2D eigenvalue weighted by atomic mass is 10.0. The second-order valence-corrected chi connectivity index (χ2v) is 7.52. The minimum atomic E-state index is -0.405. The van der Waals surface area contributed by atoms with Gasteiger partial charge in [-0.2, -0.15) is 0 Å². The van der Waals surface area contributed by atoms with E-state index in [0.29, 0.717) is 18.2 Å². The number of hydrogen-bond acceptors (Lipinski definition) is 4. The summed E-state index contributed by atoms with van der Waals surface area (Å²) in [5.41, 5.74) is 1.81. The highest BCUT2D eigenvalue weighted by molar-refractivity contribution is 6.30. The van der Waals surface area contributed by atoms with Crippen molar-refractivity contribution in [1.29, 1.82) is 0 Å². The Morgan fingerprint density at radius 1 is 1.07 bits per heavy atom. The molecular weight excluding hydrogens is 390 g/mol. The molecule has 0 saturated heterocycles. The fourth-order valence-electron chi connectivity index (χ4n) is 2.70. The van der Waals surface area contributed by atoms with E-state index in [1.807, 2.05) is 50.5 Å². The first-order valence-electron chi connectivity index (χ1n) is 9.49. The van der Waals surface area contributed by atoms with Crippen molar-refractivity contribution >= 4 is 23.4 Å². The average Bonchev–Trinajstić information content (AvgIpc) is 2.67. The van der Waals surface area contributed by atoms with Gasteiger partial charge in [-0.05, 0) is 49.5 Å². The average molecular weight is 418 g/mol. The van der Waals surface area contributed by atoms with Crippen LogP contribution >= 0.6 is 11.6 Å². The molecule has 0 spiro atoms. The van der Waals surface area contributed by atoms with Gasteiger partial charge in [0, 0.05) is 25.0 Å². The second kappa shape index (κ2) is 11.4. The van der Waals surface area contributed by atoms with E-state index in [1.165, 1.54) is 6.92 Å². The standard InChI is InChI=1S/C22H28ClN3O3/c1-16(27)25-21(18-6-8-19(23)9-7-18)14-22(28)24-15-17-4-10-20(11-5-17)29-13-12-26(2)3/h4-11,21H,12-15H2,1-3H3,(H,24,28)(H,25,27). The van der Waals surface area contributed by atoms with E-state index in [0.717, 1.165) is 23.4 Å². The number of rotatable bonds is 10. The van der Waals surface area contributed by atoms with Gasteiger partial charge in [0.25, 0.3) is 0 Å². The summed E-state index contributed by atoms with van der Waals surface area (Å²) in [5, 5.41) is 6.32. The molecule has 2 aromatic carbocycles. The summed E-state index contributed by atoms with van der Waals surface area (Å²) in [4.78, 5) is 26.0. The first kappa shape index (κ1) is 22.7. The molecule has 1 atom stereocenters. The first-order chi connectivity index (χ1) is 13.8. The number of amides is 2. The Morgan fingerprint density at radius 3 is 2.31 bits per heavy atom. The van der Waals surface area contributed by atoms with Gasteiger partial charge in [-0.3, -0.25) is 9.59 Å². The molecule has 2 rings (SSSR count). The van der Waals surface area contributed by atoms with Crippen LogP contribution in [0.1, 0.15) is 30.5 Å². The Morgan fingerprint density at radius 2 is 1.72 bits per heavy atom. The molecule has 0 heterocycles. The molecule has 6 nitrogen and oxygen atoms in total. The molecule has 2 aromatic rings. The molecule has 0 bridgehead atoms. The maximum Gasteiger partial charge on any atom is 0.222 e. The number of benzene rings is 2. The van der Waals surface area contributed by atoms with E-state index in [2.05, 4.69) is 15.5 Å². The Kier molecular flexibility index (Phi) is 8.96. The Bertz CT molecular complexity index is 792. The Hall–Kier alpha value is -2.57. The molecule has 156 valence electrons. The molecule has 2 amide bonds. The topological polar surface area (TPSA) is 70.7 Å². The van der Waals surface area contributed by atoms with Crippen molar-refractivity contribution in [3.05, 3.63) is 64.7 Å². The molecular formula is C22H28ClN3O3. The van der Waals surface area contributed by atoms with Crippen molar-refractivity contribution in [2.45, 2.75) is 25.9 Å². The zero-order valence-electron chi connectivity index (χ0n) is 17.1. The number of ether oxygens (including phenoxy) is 1. The molecule has 0 radical (unpaired) electrons. The summed E-state index contributed by atoms with van der Waals surface area (Å²) in [6, 6.07) is 14.3. The molecule has 0 aliphatic carbocycles. The zero-order chi connectivity index (χ0) is 21.2. The summed E-state index contributed by atoms with van der Waals surface area (Å²) in [7, 11) is 4.00. The van der Waals surface area contributed by atoms with Crippen LogP contribution in [0.3, 0.4) is 0 Å². The predicted octanol–water partition coefficient (Wildman–Crippen LogP) is 3.16. The van der Waals surface area contributed by atoms with Crippen LogP contribution in [0.2, 0.25) is 5.02 Å². The quantitative estimate of drug-likeness (QED) is 0.623. The third-order valence-corrected chi connectivity index (χ3v) is 4.51. The smallest absolute Gasteiger partial charge is 0.222 e. The molecule has 0 aliphatic heterocycles. The number of likely N-dealkylation sites (N-methyl/N-ethyl adjacent to an activating group) is 1. The summed E-state index contributed by atoms with van der Waals surface area (Å²) in [6.45, 7) is 3.31. The van der Waals surface area contributed by atoms with Crippen LogP contribution < -0.4 is 15.4 Å². The van der Waals surface area contributed by atoms with Crippen molar-refractivity contribution in [3.8, 4) is 5.75 Å². The van der Waals surface area contributed by atoms with Crippen LogP contribution in [-0.2, 0) is 16.1 Å². The van der Waals surface area contributed by atoms with Gasteiger partial charge in [-0.25, -0.2) is 0 Å². The van der Waals surface area contributed by atoms with E-state index in [1.54, 1.807) is 12.1 Å². The fourth-order valence-corrected chi connectivity index (χ4v) is 2.83. The van der Waals surface area contributed by atoms with Gasteiger partial charge < -0.3 is 20.3 Å². The SMILES string of the molecule is CC(=O)NC(CC(=O)NCc1ccc(OCCN(C)C)cc1)c1ccc(Cl)cc1. The maximum atomic E-state index is 12.4. The number of nitrogens with one attached hydrogen (secondary N) is 2. The van der Waals surface area contributed by atoms with Gasteiger partial charge in [-0.15, -0.1) is 0 Å². The molecule has 0 aliphatic rings. The highest BCUT2D eigenvalue weighted by Crippen LogP contribution is 2.20. The van der Waals surface area contributed by atoms with Crippen molar-refractivity contribution in [1.82, 2.24) is 15.5 Å². The second-order valence-electron chi connectivity index (χ2n) is 7.08. The normalized spacial score (nSPS) is 11.8. The highest BCUT2D eigenvalue weighted by atomic mass is 35.5. The summed E-state index contributed by atoms with van der Waals surface area (Å²) in [6.07, 6.45) is 0.146. The van der Waals surface area contributed by atoms with Gasteiger partial charge in [0.2, 0.25) is 11.8 Å². The van der Waals surface area contributed by atoms with E-state index < -0.39 is 6.04 Å². The fraction of sp³-hybridized carbons (Fsp3) is 0.364. The van der Waals surface area contributed by atoms with Crippen LogP contribution in [0.4, 0.5) is 0 Å². The van der Waals surface area contributed by atoms with Crippen LogP contribution in [0.25, 0.3) is 0 Å². The van der Waals surface area contributed by atoms with E-state index in [4.69, 9.17) is 16.3 Å².